The van der Waals surface area contributed by atoms with E-state index in [1.165, 1.54) is 13.2 Å². The molecule has 10 heteroatoms. The molecule has 0 unspecified atom stereocenters. The SMILES string of the molecule is CCNC(=NCc1ccc(OC)cc1OC(F)F)NCCCOCc1ccco1.I. The molecule has 2 N–H and O–H groups in total. The van der Waals surface area contributed by atoms with Gasteiger partial charge in [-0.15, -0.1) is 24.0 Å². The Kier molecular flexibility index (Phi) is 12.8. The van der Waals surface area contributed by atoms with Gasteiger partial charge in [-0.25, -0.2) is 4.99 Å². The largest absolute Gasteiger partial charge is 0.497 e. The van der Waals surface area contributed by atoms with Crippen LogP contribution in [0, 0.1) is 0 Å². The van der Waals surface area contributed by atoms with Crippen LogP contribution in [0.4, 0.5) is 8.78 Å². The van der Waals surface area contributed by atoms with Crippen molar-refractivity contribution in [3.8, 4) is 11.5 Å². The maximum Gasteiger partial charge on any atom is 0.387 e. The molecule has 0 saturated carbocycles. The number of halogens is 3. The molecule has 0 amide bonds. The van der Waals surface area contributed by atoms with Crippen LogP contribution in [0.2, 0.25) is 0 Å². The predicted octanol–water partition coefficient (Wildman–Crippen LogP) is 4.17. The molecule has 1 heterocycles. The summed E-state index contributed by atoms with van der Waals surface area (Å²) in [6, 6.07) is 8.44. The maximum absolute atomic E-state index is 12.7. The highest BCUT2D eigenvalue weighted by atomic mass is 127. The zero-order chi connectivity index (χ0) is 20.9. The summed E-state index contributed by atoms with van der Waals surface area (Å²) in [5, 5.41) is 6.31. The minimum absolute atomic E-state index is 0. The number of furan rings is 1. The molecule has 1 aromatic heterocycles. The van der Waals surface area contributed by atoms with Crippen molar-refractivity contribution in [1.82, 2.24) is 10.6 Å². The third-order valence-corrected chi connectivity index (χ3v) is 3.82. The molecule has 0 saturated heterocycles. The molecular weight excluding hydrogens is 511 g/mol. The first-order valence-corrected chi connectivity index (χ1v) is 9.36. The van der Waals surface area contributed by atoms with Crippen LogP contribution in [0.15, 0.2) is 46.0 Å². The number of hydrogen-bond acceptors (Lipinski definition) is 5. The standard InChI is InChI=1S/C20H27F2N3O4.HI/c1-3-23-20(24-9-5-10-27-14-17-6-4-11-28-17)25-13-15-7-8-16(26-2)12-18(15)29-19(21)22;/h4,6-8,11-12,19H,3,5,9-10,13-14H2,1-2H3,(H2,23,24,25);1H. The van der Waals surface area contributed by atoms with Gasteiger partial charge in [-0.3, -0.25) is 0 Å². The lowest BCUT2D eigenvalue weighted by atomic mass is 10.2. The van der Waals surface area contributed by atoms with E-state index < -0.39 is 6.61 Å². The number of alkyl halides is 2. The van der Waals surface area contributed by atoms with Crippen molar-refractivity contribution in [1.29, 1.82) is 0 Å². The first kappa shape index (κ1) is 26.0. The van der Waals surface area contributed by atoms with Crippen molar-refractivity contribution in [3.05, 3.63) is 47.9 Å². The van der Waals surface area contributed by atoms with Gasteiger partial charge in [0.1, 0.15) is 23.9 Å². The molecular formula is C20H28F2IN3O4. The monoisotopic (exact) mass is 539 g/mol. The number of benzene rings is 1. The second-order valence-electron chi connectivity index (χ2n) is 5.96. The van der Waals surface area contributed by atoms with Crippen LogP contribution in [-0.4, -0.2) is 39.4 Å². The summed E-state index contributed by atoms with van der Waals surface area (Å²) in [7, 11) is 1.46. The molecule has 2 aromatic rings. The minimum atomic E-state index is -2.92. The summed E-state index contributed by atoms with van der Waals surface area (Å²) in [6.45, 7) is 1.52. The lowest BCUT2D eigenvalue weighted by molar-refractivity contribution is -0.0505. The Bertz CT molecular complexity index is 746. The summed E-state index contributed by atoms with van der Waals surface area (Å²) < 4.78 is 45.7. The lowest BCUT2D eigenvalue weighted by Crippen LogP contribution is -2.38. The molecule has 168 valence electrons. The second-order valence-corrected chi connectivity index (χ2v) is 5.96. The van der Waals surface area contributed by atoms with Crippen molar-refractivity contribution in [3.63, 3.8) is 0 Å². The zero-order valence-electron chi connectivity index (χ0n) is 17.0. The molecule has 0 bridgehead atoms. The number of nitrogens with zero attached hydrogens (tertiary/aromatic N) is 1. The van der Waals surface area contributed by atoms with Gasteiger partial charge in [0.05, 0.1) is 19.9 Å². The molecule has 0 fully saturated rings. The van der Waals surface area contributed by atoms with Crippen molar-refractivity contribution in [2.75, 3.05) is 26.8 Å². The van der Waals surface area contributed by atoms with Crippen LogP contribution >= 0.6 is 24.0 Å². The summed E-state index contributed by atoms with van der Waals surface area (Å²) in [5.41, 5.74) is 0.532. The maximum atomic E-state index is 12.7. The highest BCUT2D eigenvalue weighted by Gasteiger charge is 2.11. The molecule has 0 aliphatic heterocycles. The average Bonchev–Trinajstić information content (AvgIpc) is 3.22. The fourth-order valence-corrected chi connectivity index (χ4v) is 2.45. The van der Waals surface area contributed by atoms with Crippen LogP contribution < -0.4 is 20.1 Å². The fourth-order valence-electron chi connectivity index (χ4n) is 2.45. The van der Waals surface area contributed by atoms with Gasteiger partial charge in [0, 0.05) is 31.3 Å². The smallest absolute Gasteiger partial charge is 0.387 e. The number of nitrogens with one attached hydrogen (secondary N) is 2. The van der Waals surface area contributed by atoms with Gasteiger partial charge >= 0.3 is 6.61 Å². The van der Waals surface area contributed by atoms with E-state index in [-0.39, 0.29) is 36.3 Å². The summed E-state index contributed by atoms with van der Waals surface area (Å²) in [4.78, 5) is 4.44. The van der Waals surface area contributed by atoms with Crippen LogP contribution in [0.3, 0.4) is 0 Å². The fraction of sp³-hybridized carbons (Fsp3) is 0.450. The summed E-state index contributed by atoms with van der Waals surface area (Å²) in [5.74, 6) is 1.85. The molecule has 30 heavy (non-hydrogen) atoms. The van der Waals surface area contributed by atoms with E-state index in [9.17, 15) is 8.78 Å². The van der Waals surface area contributed by atoms with E-state index in [4.69, 9.17) is 13.9 Å². The van der Waals surface area contributed by atoms with Gasteiger partial charge in [-0.2, -0.15) is 8.78 Å². The Labute approximate surface area is 192 Å². The second kappa shape index (κ2) is 14.8. The Morgan fingerprint density at radius 2 is 2.07 bits per heavy atom. The highest BCUT2D eigenvalue weighted by Crippen LogP contribution is 2.27. The Morgan fingerprint density at radius 1 is 1.23 bits per heavy atom. The van der Waals surface area contributed by atoms with Gasteiger partial charge in [0.25, 0.3) is 0 Å². The Hall–Kier alpha value is -2.08. The van der Waals surface area contributed by atoms with Gasteiger partial charge in [0.15, 0.2) is 5.96 Å². The number of ether oxygens (including phenoxy) is 3. The third kappa shape index (κ3) is 9.61. The number of guanidine groups is 1. The summed E-state index contributed by atoms with van der Waals surface area (Å²) in [6.07, 6.45) is 2.38. The lowest BCUT2D eigenvalue weighted by Gasteiger charge is -2.13. The molecule has 0 radical (unpaired) electrons. The van der Waals surface area contributed by atoms with Crippen molar-refractivity contribution in [2.45, 2.75) is 33.1 Å². The molecule has 7 nitrogen and oxygen atoms in total. The highest BCUT2D eigenvalue weighted by molar-refractivity contribution is 14.0. The Morgan fingerprint density at radius 3 is 2.73 bits per heavy atom. The van der Waals surface area contributed by atoms with E-state index in [0.717, 1.165) is 12.2 Å². The quantitative estimate of drug-likeness (QED) is 0.183. The zero-order valence-corrected chi connectivity index (χ0v) is 19.4. The Balaban J connectivity index is 0.00000450. The van der Waals surface area contributed by atoms with E-state index in [0.29, 0.717) is 43.6 Å². The van der Waals surface area contributed by atoms with Crippen molar-refractivity contribution < 1.29 is 27.4 Å². The third-order valence-electron chi connectivity index (χ3n) is 3.82. The van der Waals surface area contributed by atoms with Crippen LogP contribution in [0.1, 0.15) is 24.7 Å². The predicted molar refractivity (Wildman–Crippen MR) is 121 cm³/mol. The first-order chi connectivity index (χ1) is 14.1. The average molecular weight is 539 g/mol. The molecule has 0 aliphatic carbocycles. The number of rotatable bonds is 12. The summed E-state index contributed by atoms with van der Waals surface area (Å²) >= 11 is 0. The van der Waals surface area contributed by atoms with Crippen LogP contribution in [-0.2, 0) is 17.9 Å². The normalized spacial score (nSPS) is 11.2. The first-order valence-electron chi connectivity index (χ1n) is 9.36. The molecule has 1 aromatic carbocycles. The molecule has 0 atom stereocenters. The van der Waals surface area contributed by atoms with Crippen LogP contribution in [0.25, 0.3) is 0 Å². The van der Waals surface area contributed by atoms with Crippen molar-refractivity contribution in [2.24, 2.45) is 4.99 Å². The van der Waals surface area contributed by atoms with E-state index in [2.05, 4.69) is 20.4 Å². The van der Waals surface area contributed by atoms with E-state index >= 15 is 0 Å². The van der Waals surface area contributed by atoms with Gasteiger partial charge in [-0.1, -0.05) is 0 Å². The van der Waals surface area contributed by atoms with Crippen molar-refractivity contribution >= 4 is 29.9 Å². The van der Waals surface area contributed by atoms with Gasteiger partial charge in [-0.05, 0) is 37.6 Å². The topological polar surface area (TPSA) is 77.3 Å². The van der Waals surface area contributed by atoms with Gasteiger partial charge < -0.3 is 29.3 Å². The molecule has 2 rings (SSSR count). The van der Waals surface area contributed by atoms with Crippen LogP contribution in [0.5, 0.6) is 11.5 Å². The molecule has 0 spiro atoms. The molecule has 0 aliphatic rings. The van der Waals surface area contributed by atoms with E-state index in [1.807, 2.05) is 19.1 Å². The van der Waals surface area contributed by atoms with E-state index in [1.54, 1.807) is 18.4 Å². The minimum Gasteiger partial charge on any atom is -0.497 e. The number of hydrogen-bond donors (Lipinski definition) is 2. The number of aliphatic imine (C=N–C) groups is 1. The van der Waals surface area contributed by atoms with Gasteiger partial charge in [0.2, 0.25) is 0 Å². The number of methoxy groups -OCH3 is 1.